The van der Waals surface area contributed by atoms with E-state index in [1.807, 2.05) is 12.1 Å². The van der Waals surface area contributed by atoms with Crippen molar-refractivity contribution in [3.05, 3.63) is 54.0 Å². The lowest BCUT2D eigenvalue weighted by atomic mass is 9.78. The summed E-state index contributed by atoms with van der Waals surface area (Å²) in [6.45, 7) is 0.836. The molecule has 2 unspecified atom stereocenters. The van der Waals surface area contributed by atoms with Crippen molar-refractivity contribution in [3.8, 4) is 0 Å². The minimum Gasteiger partial charge on any atom is -0.459 e. The predicted molar refractivity (Wildman–Crippen MR) is 99.1 cm³/mol. The molecule has 1 aliphatic carbocycles. The van der Waals surface area contributed by atoms with E-state index in [0.717, 1.165) is 19.4 Å². The first-order valence-electron chi connectivity index (χ1n) is 9.48. The molecule has 26 heavy (non-hydrogen) atoms. The molecule has 1 aliphatic heterocycles. The molecular formula is C21H24N2O3. The van der Waals surface area contributed by atoms with Crippen molar-refractivity contribution in [2.24, 2.45) is 5.92 Å². The third kappa shape index (κ3) is 3.39. The van der Waals surface area contributed by atoms with E-state index < -0.39 is 0 Å². The molecule has 4 rings (SSSR count). The molecule has 1 saturated carbocycles. The van der Waals surface area contributed by atoms with Crippen molar-refractivity contribution in [3.63, 3.8) is 0 Å². The Kier molecular flexibility index (Phi) is 4.78. The van der Waals surface area contributed by atoms with Crippen molar-refractivity contribution < 1.29 is 14.0 Å². The summed E-state index contributed by atoms with van der Waals surface area (Å²) in [5.74, 6) is 0.673. The van der Waals surface area contributed by atoms with Crippen molar-refractivity contribution >= 4 is 17.5 Å². The summed E-state index contributed by atoms with van der Waals surface area (Å²) in [6.07, 6.45) is 8.65. The maximum atomic E-state index is 13.1. The van der Waals surface area contributed by atoms with E-state index in [-0.39, 0.29) is 17.6 Å². The number of nitrogens with one attached hydrogen (secondary N) is 1. The first-order chi connectivity index (χ1) is 12.7. The lowest BCUT2D eigenvalue weighted by Crippen LogP contribution is -2.49. The summed E-state index contributed by atoms with van der Waals surface area (Å²) in [5.41, 5.74) is 1.24. The van der Waals surface area contributed by atoms with Crippen molar-refractivity contribution in [1.29, 1.82) is 0 Å². The molecule has 1 aromatic heterocycles. The fraction of sp³-hybridized carbons (Fsp3) is 0.429. The lowest BCUT2D eigenvalue weighted by Gasteiger charge is -2.44. The molecule has 136 valence electrons. The third-order valence-corrected chi connectivity index (χ3v) is 5.62. The van der Waals surface area contributed by atoms with E-state index in [2.05, 4.69) is 10.2 Å². The second kappa shape index (κ2) is 7.36. The number of nitrogens with zero attached hydrogens (tertiary/aromatic N) is 1. The Morgan fingerprint density at radius 3 is 2.73 bits per heavy atom. The van der Waals surface area contributed by atoms with Crippen LogP contribution in [0.25, 0.3) is 0 Å². The van der Waals surface area contributed by atoms with Crippen LogP contribution in [-0.2, 0) is 0 Å². The van der Waals surface area contributed by atoms with Crippen LogP contribution in [0.2, 0.25) is 0 Å². The van der Waals surface area contributed by atoms with Crippen LogP contribution in [0.4, 0.5) is 5.69 Å². The van der Waals surface area contributed by atoms with Gasteiger partial charge in [0.1, 0.15) is 0 Å². The normalized spacial score (nSPS) is 22.5. The number of piperidine rings is 1. The van der Waals surface area contributed by atoms with Crippen molar-refractivity contribution in [1.82, 2.24) is 4.90 Å². The van der Waals surface area contributed by atoms with Gasteiger partial charge in [-0.3, -0.25) is 9.59 Å². The molecule has 2 atom stereocenters. The molecule has 2 aromatic rings. The summed E-state index contributed by atoms with van der Waals surface area (Å²) in [7, 11) is 0. The summed E-state index contributed by atoms with van der Waals surface area (Å²) in [5, 5.41) is 2.80. The van der Waals surface area contributed by atoms with Crippen LogP contribution in [0.15, 0.2) is 47.1 Å². The number of likely N-dealkylation sites (tertiary alicyclic amines) is 1. The Balaban J connectivity index is 1.50. The van der Waals surface area contributed by atoms with Gasteiger partial charge >= 0.3 is 0 Å². The minimum atomic E-state index is -0.315. The SMILES string of the molecule is O=C(Nc1cccc(C(=O)N2CCCC3CCCCC32)c1)c1ccco1. The van der Waals surface area contributed by atoms with Crippen LogP contribution >= 0.6 is 0 Å². The van der Waals surface area contributed by atoms with E-state index in [0.29, 0.717) is 23.2 Å². The fourth-order valence-corrected chi connectivity index (χ4v) is 4.37. The molecule has 5 nitrogen and oxygen atoms in total. The molecule has 0 bridgehead atoms. The number of benzene rings is 1. The van der Waals surface area contributed by atoms with E-state index >= 15 is 0 Å². The number of hydrogen-bond acceptors (Lipinski definition) is 3. The molecule has 2 fully saturated rings. The molecule has 0 radical (unpaired) electrons. The summed E-state index contributed by atoms with van der Waals surface area (Å²) >= 11 is 0. The van der Waals surface area contributed by atoms with Gasteiger partial charge < -0.3 is 14.6 Å². The molecule has 2 amide bonds. The minimum absolute atomic E-state index is 0.0793. The Hall–Kier alpha value is -2.56. The van der Waals surface area contributed by atoms with Crippen LogP contribution in [0.1, 0.15) is 59.4 Å². The van der Waals surface area contributed by atoms with Gasteiger partial charge in [-0.25, -0.2) is 0 Å². The number of fused-ring (bicyclic) bond motifs is 1. The number of rotatable bonds is 3. The maximum Gasteiger partial charge on any atom is 0.291 e. The molecule has 1 N–H and O–H groups in total. The Labute approximate surface area is 153 Å². The maximum absolute atomic E-state index is 13.1. The first kappa shape index (κ1) is 16.9. The van der Waals surface area contributed by atoms with Crippen LogP contribution in [0.3, 0.4) is 0 Å². The highest BCUT2D eigenvalue weighted by atomic mass is 16.3. The molecule has 0 spiro atoms. The molecule has 1 saturated heterocycles. The monoisotopic (exact) mass is 352 g/mol. The average Bonchev–Trinajstić information content (AvgIpc) is 3.22. The quantitative estimate of drug-likeness (QED) is 0.894. The van der Waals surface area contributed by atoms with Gasteiger partial charge in [-0.2, -0.15) is 0 Å². The number of carbonyl (C=O) groups is 2. The van der Waals surface area contributed by atoms with Crippen LogP contribution in [0.5, 0.6) is 0 Å². The second-order valence-electron chi connectivity index (χ2n) is 7.26. The van der Waals surface area contributed by atoms with Gasteiger partial charge in [-0.1, -0.05) is 18.9 Å². The molecule has 1 aromatic carbocycles. The van der Waals surface area contributed by atoms with Gasteiger partial charge in [0.2, 0.25) is 0 Å². The number of carbonyl (C=O) groups excluding carboxylic acids is 2. The number of amides is 2. The smallest absolute Gasteiger partial charge is 0.291 e. The summed E-state index contributed by atoms with van der Waals surface area (Å²) in [6, 6.07) is 10.9. The van der Waals surface area contributed by atoms with Gasteiger partial charge in [0, 0.05) is 23.8 Å². The first-order valence-corrected chi connectivity index (χ1v) is 9.48. The van der Waals surface area contributed by atoms with Gasteiger partial charge in [-0.05, 0) is 61.9 Å². The number of hydrogen-bond donors (Lipinski definition) is 1. The van der Waals surface area contributed by atoms with E-state index in [1.54, 1.807) is 24.3 Å². The highest BCUT2D eigenvalue weighted by Gasteiger charge is 2.35. The largest absolute Gasteiger partial charge is 0.459 e. The summed E-state index contributed by atoms with van der Waals surface area (Å²) < 4.78 is 5.11. The molecular weight excluding hydrogens is 328 g/mol. The topological polar surface area (TPSA) is 62.6 Å². The molecule has 2 aliphatic rings. The second-order valence-corrected chi connectivity index (χ2v) is 7.26. The lowest BCUT2D eigenvalue weighted by molar-refractivity contribution is 0.0390. The van der Waals surface area contributed by atoms with Gasteiger partial charge in [0.25, 0.3) is 11.8 Å². The highest BCUT2D eigenvalue weighted by Crippen LogP contribution is 2.36. The Bertz CT molecular complexity index is 782. The molecule has 2 heterocycles. The van der Waals surface area contributed by atoms with Crippen LogP contribution < -0.4 is 5.32 Å². The predicted octanol–water partition coefficient (Wildman–Crippen LogP) is 4.33. The highest BCUT2D eigenvalue weighted by molar-refractivity contribution is 6.03. The number of anilines is 1. The van der Waals surface area contributed by atoms with Crippen LogP contribution in [0, 0.1) is 5.92 Å². The molecule has 5 heteroatoms. The zero-order chi connectivity index (χ0) is 17.9. The zero-order valence-electron chi connectivity index (χ0n) is 14.8. The van der Waals surface area contributed by atoms with Crippen LogP contribution in [-0.4, -0.2) is 29.3 Å². The number of furan rings is 1. The van der Waals surface area contributed by atoms with Gasteiger partial charge in [0.05, 0.1) is 6.26 Å². The third-order valence-electron chi connectivity index (χ3n) is 5.62. The Morgan fingerprint density at radius 1 is 1.04 bits per heavy atom. The average molecular weight is 352 g/mol. The van der Waals surface area contributed by atoms with E-state index in [1.165, 1.54) is 31.9 Å². The van der Waals surface area contributed by atoms with Crippen molar-refractivity contribution in [2.45, 2.75) is 44.6 Å². The Morgan fingerprint density at radius 2 is 1.88 bits per heavy atom. The van der Waals surface area contributed by atoms with Crippen molar-refractivity contribution in [2.75, 3.05) is 11.9 Å². The zero-order valence-corrected chi connectivity index (χ0v) is 14.8. The fourth-order valence-electron chi connectivity index (χ4n) is 4.37. The standard InChI is InChI=1S/C21H24N2O3/c24-20(19-11-5-13-26-19)22-17-9-3-7-16(14-17)21(25)23-12-4-8-15-6-1-2-10-18(15)23/h3,5,7,9,11,13-15,18H,1-2,4,6,8,10,12H2,(H,22,24). The van der Waals surface area contributed by atoms with E-state index in [4.69, 9.17) is 4.42 Å². The van der Waals surface area contributed by atoms with Gasteiger partial charge in [-0.15, -0.1) is 0 Å². The van der Waals surface area contributed by atoms with E-state index in [9.17, 15) is 9.59 Å². The van der Waals surface area contributed by atoms with Gasteiger partial charge in [0.15, 0.2) is 5.76 Å². The summed E-state index contributed by atoms with van der Waals surface area (Å²) in [4.78, 5) is 27.3.